The fourth-order valence-corrected chi connectivity index (χ4v) is 2.96. The number of anilines is 2. The molecule has 0 spiro atoms. The van der Waals surface area contributed by atoms with E-state index >= 15 is 0 Å². The van der Waals surface area contributed by atoms with Crippen molar-refractivity contribution >= 4 is 39.8 Å². The highest BCUT2D eigenvalue weighted by atomic mass is 16.2. The molecular formula is C21H18N4O2. The van der Waals surface area contributed by atoms with Gasteiger partial charge in [0, 0.05) is 5.69 Å². The number of fused-ring (bicyclic) bond motifs is 1. The van der Waals surface area contributed by atoms with E-state index in [1.54, 1.807) is 19.1 Å². The Labute approximate surface area is 156 Å². The Kier molecular flexibility index (Phi) is 4.30. The van der Waals surface area contributed by atoms with Gasteiger partial charge in [0.05, 0.1) is 5.69 Å². The minimum absolute atomic E-state index is 0.0964. The summed E-state index contributed by atoms with van der Waals surface area (Å²) in [6.45, 7) is 1.67. The second-order valence-corrected chi connectivity index (χ2v) is 6.29. The lowest BCUT2D eigenvalue weighted by atomic mass is 10.1. The summed E-state index contributed by atoms with van der Waals surface area (Å²) < 4.78 is 0. The van der Waals surface area contributed by atoms with Crippen molar-refractivity contribution in [3.8, 4) is 0 Å². The van der Waals surface area contributed by atoms with Gasteiger partial charge in [0.15, 0.2) is 0 Å². The summed E-state index contributed by atoms with van der Waals surface area (Å²) in [6, 6.07) is 22.1. The second kappa shape index (κ2) is 6.92. The number of nitrogens with zero attached hydrogens (tertiary/aromatic N) is 2. The quantitative estimate of drug-likeness (QED) is 0.755. The van der Waals surface area contributed by atoms with Gasteiger partial charge in [0.25, 0.3) is 11.8 Å². The van der Waals surface area contributed by atoms with E-state index in [1.807, 2.05) is 60.7 Å². The van der Waals surface area contributed by atoms with Crippen molar-refractivity contribution < 1.29 is 9.59 Å². The van der Waals surface area contributed by atoms with Crippen molar-refractivity contribution in [2.75, 3.05) is 10.3 Å². The standard InChI is InChI=1S/C21H18N4O2/c1-14-21(27)25(18-9-3-2-4-10-18)24-19(22-14)20(26)23-17-12-11-15-7-5-6-8-16(15)13-17/h2-14H,1H3,(H,22,24)(H,23,26)/t14-/m1/s1. The number of benzene rings is 3. The number of carbonyl (C=O) groups is 2. The average Bonchev–Trinajstić information content (AvgIpc) is 2.70. The SMILES string of the molecule is C[C@H]1N=C(C(=O)Nc2ccc3ccccc3c2)NN(c2ccccc2)C1=O. The Bertz CT molecular complexity index is 1050. The molecule has 0 bridgehead atoms. The van der Waals surface area contributed by atoms with E-state index in [4.69, 9.17) is 0 Å². The molecule has 0 aliphatic carbocycles. The first-order valence-corrected chi connectivity index (χ1v) is 8.65. The zero-order chi connectivity index (χ0) is 18.8. The van der Waals surface area contributed by atoms with Gasteiger partial charge in [-0.05, 0) is 42.0 Å². The van der Waals surface area contributed by atoms with E-state index in [1.165, 1.54) is 5.01 Å². The summed E-state index contributed by atoms with van der Waals surface area (Å²) >= 11 is 0. The largest absolute Gasteiger partial charge is 0.319 e. The lowest BCUT2D eigenvalue weighted by molar-refractivity contribution is -0.120. The molecular weight excluding hydrogens is 340 g/mol. The number of para-hydroxylation sites is 1. The van der Waals surface area contributed by atoms with Crippen LogP contribution < -0.4 is 15.8 Å². The molecule has 2 amide bonds. The number of carbonyl (C=O) groups excluding carboxylic acids is 2. The van der Waals surface area contributed by atoms with E-state index in [0.717, 1.165) is 10.8 Å². The maximum Gasteiger partial charge on any atom is 0.292 e. The number of aliphatic imine (C=N–C) groups is 1. The molecule has 3 aromatic rings. The molecule has 0 saturated carbocycles. The highest BCUT2D eigenvalue weighted by Gasteiger charge is 2.30. The second-order valence-electron chi connectivity index (χ2n) is 6.29. The van der Waals surface area contributed by atoms with E-state index in [-0.39, 0.29) is 11.7 Å². The van der Waals surface area contributed by atoms with Gasteiger partial charge in [-0.1, -0.05) is 48.5 Å². The molecule has 0 aromatic heterocycles. The zero-order valence-corrected chi connectivity index (χ0v) is 14.7. The Morgan fingerprint density at radius 1 is 1.00 bits per heavy atom. The summed E-state index contributed by atoms with van der Waals surface area (Å²) in [5, 5.41) is 6.32. The van der Waals surface area contributed by atoms with Crippen LogP contribution in [0.15, 0.2) is 77.8 Å². The maximum atomic E-state index is 12.7. The number of hydrogen-bond acceptors (Lipinski definition) is 4. The lowest BCUT2D eigenvalue weighted by Crippen LogP contribution is -2.57. The monoisotopic (exact) mass is 358 g/mol. The smallest absolute Gasteiger partial charge is 0.292 e. The highest BCUT2D eigenvalue weighted by molar-refractivity contribution is 6.43. The Morgan fingerprint density at radius 2 is 1.70 bits per heavy atom. The van der Waals surface area contributed by atoms with Gasteiger partial charge in [-0.2, -0.15) is 0 Å². The van der Waals surface area contributed by atoms with Gasteiger partial charge < -0.3 is 5.32 Å². The van der Waals surface area contributed by atoms with Crippen LogP contribution >= 0.6 is 0 Å². The van der Waals surface area contributed by atoms with Gasteiger partial charge in [-0.3, -0.25) is 15.0 Å². The lowest BCUT2D eigenvalue weighted by Gasteiger charge is -2.30. The average molecular weight is 358 g/mol. The van der Waals surface area contributed by atoms with Gasteiger partial charge in [-0.25, -0.2) is 10.0 Å². The minimum Gasteiger partial charge on any atom is -0.319 e. The summed E-state index contributed by atoms with van der Waals surface area (Å²) in [7, 11) is 0. The number of hydrazine groups is 1. The predicted octanol–water partition coefficient (Wildman–Crippen LogP) is 3.12. The molecule has 1 atom stereocenters. The molecule has 6 heteroatoms. The molecule has 0 saturated heterocycles. The van der Waals surface area contributed by atoms with Crippen LogP contribution in [0, 0.1) is 0 Å². The molecule has 2 N–H and O–H groups in total. The summed E-state index contributed by atoms with van der Waals surface area (Å²) in [5.74, 6) is -0.520. The molecule has 6 nitrogen and oxygen atoms in total. The molecule has 3 aromatic carbocycles. The first kappa shape index (κ1) is 16.8. The van der Waals surface area contributed by atoms with Crippen LogP contribution in [0.4, 0.5) is 11.4 Å². The fraction of sp³-hybridized carbons (Fsp3) is 0.0952. The molecule has 0 fully saturated rings. The van der Waals surface area contributed by atoms with E-state index in [9.17, 15) is 9.59 Å². The molecule has 4 rings (SSSR count). The normalized spacial score (nSPS) is 16.6. The first-order chi connectivity index (χ1) is 13.1. The van der Waals surface area contributed by atoms with Gasteiger partial charge >= 0.3 is 0 Å². The molecule has 27 heavy (non-hydrogen) atoms. The van der Waals surface area contributed by atoms with E-state index < -0.39 is 11.9 Å². The van der Waals surface area contributed by atoms with Crippen molar-refractivity contribution in [2.24, 2.45) is 4.99 Å². The molecule has 1 heterocycles. The van der Waals surface area contributed by atoms with E-state index in [0.29, 0.717) is 11.4 Å². The summed E-state index contributed by atoms with van der Waals surface area (Å²) in [6.07, 6.45) is 0. The van der Waals surface area contributed by atoms with Crippen molar-refractivity contribution in [3.63, 3.8) is 0 Å². The van der Waals surface area contributed by atoms with Crippen molar-refractivity contribution in [1.29, 1.82) is 0 Å². The molecule has 1 aliphatic rings. The third kappa shape index (κ3) is 3.37. The van der Waals surface area contributed by atoms with Crippen LogP contribution in [0.3, 0.4) is 0 Å². The van der Waals surface area contributed by atoms with Crippen LogP contribution in [-0.4, -0.2) is 23.7 Å². The van der Waals surface area contributed by atoms with Crippen LogP contribution in [0.25, 0.3) is 10.8 Å². The third-order valence-corrected chi connectivity index (χ3v) is 4.36. The van der Waals surface area contributed by atoms with Crippen LogP contribution in [0.2, 0.25) is 0 Å². The number of nitrogens with one attached hydrogen (secondary N) is 2. The van der Waals surface area contributed by atoms with Crippen LogP contribution in [0.1, 0.15) is 6.92 Å². The molecule has 1 aliphatic heterocycles. The molecule has 0 radical (unpaired) electrons. The molecule has 0 unspecified atom stereocenters. The van der Waals surface area contributed by atoms with Crippen molar-refractivity contribution in [2.45, 2.75) is 13.0 Å². The van der Waals surface area contributed by atoms with Crippen LogP contribution in [0.5, 0.6) is 0 Å². The van der Waals surface area contributed by atoms with Crippen LogP contribution in [-0.2, 0) is 9.59 Å². The minimum atomic E-state index is -0.649. The highest BCUT2D eigenvalue weighted by Crippen LogP contribution is 2.20. The number of amides is 2. The number of hydrogen-bond donors (Lipinski definition) is 2. The molecule has 134 valence electrons. The third-order valence-electron chi connectivity index (χ3n) is 4.36. The topological polar surface area (TPSA) is 73.8 Å². The maximum absolute atomic E-state index is 12.7. The van der Waals surface area contributed by atoms with Gasteiger partial charge in [0.2, 0.25) is 5.84 Å². The summed E-state index contributed by atoms with van der Waals surface area (Å²) in [5.41, 5.74) is 4.15. The van der Waals surface area contributed by atoms with Gasteiger partial charge in [-0.15, -0.1) is 0 Å². The van der Waals surface area contributed by atoms with Gasteiger partial charge in [0.1, 0.15) is 6.04 Å². The zero-order valence-electron chi connectivity index (χ0n) is 14.7. The Hall–Kier alpha value is -3.67. The Morgan fingerprint density at radius 3 is 2.48 bits per heavy atom. The predicted molar refractivity (Wildman–Crippen MR) is 107 cm³/mol. The number of amidine groups is 1. The van der Waals surface area contributed by atoms with E-state index in [2.05, 4.69) is 15.7 Å². The Balaban J connectivity index is 1.57. The summed E-state index contributed by atoms with van der Waals surface area (Å²) in [4.78, 5) is 29.3. The first-order valence-electron chi connectivity index (χ1n) is 8.65. The fourth-order valence-electron chi connectivity index (χ4n) is 2.96. The van der Waals surface area contributed by atoms with Crippen molar-refractivity contribution in [3.05, 3.63) is 72.8 Å². The van der Waals surface area contributed by atoms with Crippen molar-refractivity contribution in [1.82, 2.24) is 5.43 Å². The number of rotatable bonds is 3.